The monoisotopic (exact) mass is 283 g/mol. The Labute approximate surface area is 101 Å². The van der Waals surface area contributed by atoms with Crippen molar-refractivity contribution in [3.8, 4) is 11.4 Å². The van der Waals surface area contributed by atoms with Gasteiger partial charge in [-0.15, -0.1) is 0 Å². The zero-order chi connectivity index (χ0) is 11.5. The van der Waals surface area contributed by atoms with Crippen LogP contribution in [0.2, 0.25) is 0 Å². The molecule has 1 heterocycles. The number of H-pyrrole nitrogens is 1. The second-order valence-corrected chi connectivity index (χ2v) is 4.27. The molecule has 0 aliphatic heterocycles. The van der Waals surface area contributed by atoms with Gasteiger partial charge in [0.25, 0.3) is 0 Å². The Bertz CT molecular complexity index is 496. The normalized spacial score (nSPS) is 10.7. The van der Waals surface area contributed by atoms with Crippen LogP contribution in [0.3, 0.4) is 0 Å². The molecule has 2 rings (SSSR count). The Morgan fingerprint density at radius 1 is 1.50 bits per heavy atom. The second-order valence-electron chi connectivity index (χ2n) is 3.41. The highest BCUT2D eigenvalue weighted by atomic mass is 79.9. The molecular formula is C11H11BrFN3. The number of hydrogen-bond acceptors (Lipinski definition) is 2. The number of nitrogens with zero attached hydrogens (tertiary/aromatic N) is 1. The molecule has 0 amide bonds. The van der Waals surface area contributed by atoms with E-state index in [1.165, 1.54) is 12.1 Å². The van der Waals surface area contributed by atoms with Crippen LogP contribution in [-0.4, -0.2) is 17.0 Å². The number of aromatic nitrogens is 2. The van der Waals surface area contributed by atoms with Crippen molar-refractivity contribution < 1.29 is 4.39 Å². The molecule has 5 heteroatoms. The Morgan fingerprint density at radius 2 is 2.31 bits per heavy atom. The van der Waals surface area contributed by atoms with Crippen LogP contribution in [0.15, 0.2) is 28.9 Å². The number of hydrogen-bond donors (Lipinski definition) is 2. The van der Waals surface area contributed by atoms with Crippen molar-refractivity contribution in [2.45, 2.75) is 6.54 Å². The molecule has 0 spiro atoms. The van der Waals surface area contributed by atoms with Gasteiger partial charge in [-0.2, -0.15) is 0 Å². The maximum absolute atomic E-state index is 13.1. The van der Waals surface area contributed by atoms with E-state index in [9.17, 15) is 4.39 Å². The summed E-state index contributed by atoms with van der Waals surface area (Å²) < 4.78 is 13.9. The van der Waals surface area contributed by atoms with Crippen LogP contribution >= 0.6 is 15.9 Å². The van der Waals surface area contributed by atoms with E-state index in [0.717, 1.165) is 15.7 Å². The number of rotatable bonds is 3. The van der Waals surface area contributed by atoms with Gasteiger partial charge in [0, 0.05) is 28.5 Å². The van der Waals surface area contributed by atoms with E-state index in [0.29, 0.717) is 12.4 Å². The molecule has 0 saturated heterocycles. The van der Waals surface area contributed by atoms with E-state index in [2.05, 4.69) is 31.2 Å². The molecule has 84 valence electrons. The number of imidazole rings is 1. The van der Waals surface area contributed by atoms with Gasteiger partial charge in [0.2, 0.25) is 0 Å². The van der Waals surface area contributed by atoms with Gasteiger partial charge in [-0.25, -0.2) is 9.37 Å². The van der Waals surface area contributed by atoms with Crippen molar-refractivity contribution in [3.63, 3.8) is 0 Å². The number of benzene rings is 1. The van der Waals surface area contributed by atoms with Crippen LogP contribution in [0.5, 0.6) is 0 Å². The van der Waals surface area contributed by atoms with Crippen molar-refractivity contribution >= 4 is 15.9 Å². The Morgan fingerprint density at radius 3 is 3.06 bits per heavy atom. The van der Waals surface area contributed by atoms with Gasteiger partial charge in [0.05, 0.1) is 0 Å². The number of halogens is 2. The summed E-state index contributed by atoms with van der Waals surface area (Å²) in [5.41, 5.74) is 1.69. The summed E-state index contributed by atoms with van der Waals surface area (Å²) in [4.78, 5) is 7.34. The molecule has 0 radical (unpaired) electrons. The minimum atomic E-state index is -0.273. The van der Waals surface area contributed by atoms with Gasteiger partial charge in [0.15, 0.2) is 0 Å². The molecular weight excluding hydrogens is 273 g/mol. The van der Waals surface area contributed by atoms with E-state index >= 15 is 0 Å². The van der Waals surface area contributed by atoms with Crippen molar-refractivity contribution in [2.24, 2.45) is 0 Å². The molecule has 1 aromatic heterocycles. The Balaban J connectivity index is 2.38. The van der Waals surface area contributed by atoms with Crippen LogP contribution in [0.1, 0.15) is 5.69 Å². The average Bonchev–Trinajstić information content (AvgIpc) is 2.71. The lowest BCUT2D eigenvalue weighted by molar-refractivity contribution is 0.628. The maximum Gasteiger partial charge on any atom is 0.138 e. The fourth-order valence-corrected chi connectivity index (χ4v) is 1.89. The lowest BCUT2D eigenvalue weighted by atomic mass is 10.2. The van der Waals surface area contributed by atoms with E-state index in [1.54, 1.807) is 12.3 Å². The highest BCUT2D eigenvalue weighted by Crippen LogP contribution is 2.26. The smallest absolute Gasteiger partial charge is 0.138 e. The third-order valence-corrected chi connectivity index (χ3v) is 2.87. The fourth-order valence-electron chi connectivity index (χ4n) is 1.46. The van der Waals surface area contributed by atoms with Crippen LogP contribution in [0.25, 0.3) is 11.4 Å². The summed E-state index contributed by atoms with van der Waals surface area (Å²) in [6.45, 7) is 0.708. The lowest BCUT2D eigenvalue weighted by Gasteiger charge is -2.01. The summed E-state index contributed by atoms with van der Waals surface area (Å²) in [5, 5.41) is 3.02. The first-order valence-electron chi connectivity index (χ1n) is 4.84. The largest absolute Gasteiger partial charge is 0.341 e. The standard InChI is InChI=1S/C11H11BrFN3/c1-14-5-8-6-15-11(16-8)9-4-7(13)2-3-10(9)12/h2-4,6,14H,5H2,1H3,(H,15,16). The SMILES string of the molecule is CNCc1cnc(-c2cc(F)ccc2Br)[nH]1. The quantitative estimate of drug-likeness (QED) is 0.909. The minimum Gasteiger partial charge on any atom is -0.341 e. The number of aromatic amines is 1. The highest BCUT2D eigenvalue weighted by molar-refractivity contribution is 9.10. The first kappa shape index (κ1) is 11.3. The summed E-state index contributed by atoms with van der Waals surface area (Å²) >= 11 is 3.37. The van der Waals surface area contributed by atoms with Crippen LogP contribution in [0.4, 0.5) is 4.39 Å². The Hall–Kier alpha value is -1.20. The van der Waals surface area contributed by atoms with E-state index in [4.69, 9.17) is 0 Å². The molecule has 0 atom stereocenters. The van der Waals surface area contributed by atoms with Gasteiger partial charge in [-0.3, -0.25) is 0 Å². The fraction of sp³-hybridized carbons (Fsp3) is 0.182. The topological polar surface area (TPSA) is 40.7 Å². The van der Waals surface area contributed by atoms with Gasteiger partial charge >= 0.3 is 0 Å². The molecule has 2 aromatic rings. The van der Waals surface area contributed by atoms with Crippen LogP contribution in [0, 0.1) is 5.82 Å². The molecule has 0 fully saturated rings. The zero-order valence-electron chi connectivity index (χ0n) is 8.72. The molecule has 0 bridgehead atoms. The predicted molar refractivity (Wildman–Crippen MR) is 64.4 cm³/mol. The average molecular weight is 284 g/mol. The number of nitrogens with one attached hydrogen (secondary N) is 2. The maximum atomic E-state index is 13.1. The highest BCUT2D eigenvalue weighted by Gasteiger charge is 2.08. The summed E-state index contributed by atoms with van der Waals surface area (Å²) in [5.74, 6) is 0.390. The lowest BCUT2D eigenvalue weighted by Crippen LogP contribution is -2.04. The van der Waals surface area contributed by atoms with Crippen molar-refractivity contribution in [1.29, 1.82) is 0 Å². The van der Waals surface area contributed by atoms with Crippen molar-refractivity contribution in [3.05, 3.63) is 40.4 Å². The van der Waals surface area contributed by atoms with Crippen LogP contribution < -0.4 is 5.32 Å². The second kappa shape index (κ2) is 4.76. The van der Waals surface area contributed by atoms with E-state index in [-0.39, 0.29) is 5.82 Å². The third-order valence-electron chi connectivity index (χ3n) is 2.18. The zero-order valence-corrected chi connectivity index (χ0v) is 10.3. The summed E-state index contributed by atoms with van der Waals surface area (Å²) in [7, 11) is 1.86. The van der Waals surface area contributed by atoms with Crippen LogP contribution in [-0.2, 0) is 6.54 Å². The summed E-state index contributed by atoms with van der Waals surface area (Å²) in [6, 6.07) is 4.53. The molecule has 0 aliphatic carbocycles. The summed E-state index contributed by atoms with van der Waals surface area (Å²) in [6.07, 6.45) is 1.74. The molecule has 0 aliphatic rings. The molecule has 3 nitrogen and oxygen atoms in total. The first-order chi connectivity index (χ1) is 7.70. The van der Waals surface area contributed by atoms with Gasteiger partial charge in [-0.05, 0) is 25.2 Å². The molecule has 1 aromatic carbocycles. The first-order valence-corrected chi connectivity index (χ1v) is 5.64. The Kier molecular flexibility index (Phi) is 3.36. The van der Waals surface area contributed by atoms with Gasteiger partial charge in [-0.1, -0.05) is 15.9 Å². The third kappa shape index (κ3) is 2.31. The molecule has 0 unspecified atom stereocenters. The van der Waals surface area contributed by atoms with Gasteiger partial charge < -0.3 is 10.3 Å². The minimum absolute atomic E-state index is 0.273. The molecule has 16 heavy (non-hydrogen) atoms. The van der Waals surface area contributed by atoms with Gasteiger partial charge in [0.1, 0.15) is 11.6 Å². The van der Waals surface area contributed by atoms with E-state index < -0.39 is 0 Å². The van der Waals surface area contributed by atoms with Crippen molar-refractivity contribution in [1.82, 2.24) is 15.3 Å². The van der Waals surface area contributed by atoms with E-state index in [1.807, 2.05) is 7.05 Å². The molecule has 2 N–H and O–H groups in total. The van der Waals surface area contributed by atoms with Crippen molar-refractivity contribution in [2.75, 3.05) is 7.05 Å². The predicted octanol–water partition coefficient (Wildman–Crippen LogP) is 2.70. The molecule has 0 saturated carbocycles.